The molecule has 57 heavy (non-hydrogen) atoms. The van der Waals surface area contributed by atoms with Crippen LogP contribution in [0.3, 0.4) is 0 Å². The number of nitrogens with zero attached hydrogens (tertiary/aromatic N) is 3. The van der Waals surface area contributed by atoms with E-state index >= 15 is 0 Å². The van der Waals surface area contributed by atoms with Gasteiger partial charge in [-0.2, -0.15) is 0 Å². The Morgan fingerprint density at radius 1 is 0.281 bits per heavy atom. The summed E-state index contributed by atoms with van der Waals surface area (Å²) in [6.07, 6.45) is 0. The van der Waals surface area contributed by atoms with Crippen LogP contribution in [0.2, 0.25) is 0 Å². The third-order valence-electron chi connectivity index (χ3n) is 11.5. The number of hydrogen-bond acceptors (Lipinski definition) is 4. The molecule has 264 valence electrons. The van der Waals surface area contributed by atoms with Gasteiger partial charge in [-0.3, -0.25) is 0 Å². The van der Waals surface area contributed by atoms with Gasteiger partial charge in [0.2, 0.25) is 0 Å². The van der Waals surface area contributed by atoms with Gasteiger partial charge in [0, 0.05) is 21.9 Å². The molecule has 0 fully saturated rings. The third kappa shape index (κ3) is 4.91. The van der Waals surface area contributed by atoms with Gasteiger partial charge in [-0.15, -0.1) is 0 Å². The molecule has 12 aromatic rings. The van der Waals surface area contributed by atoms with Crippen LogP contribution in [0.25, 0.3) is 121 Å². The van der Waals surface area contributed by atoms with Crippen molar-refractivity contribution in [3.8, 4) is 45.3 Å². The van der Waals surface area contributed by atoms with Crippen molar-refractivity contribution >= 4 is 75.8 Å². The first kappa shape index (κ1) is 31.6. The van der Waals surface area contributed by atoms with Crippen LogP contribution >= 0.6 is 0 Å². The molecule has 12 rings (SSSR count). The summed E-state index contributed by atoms with van der Waals surface area (Å²) in [5, 5.41) is 13.7. The quantitative estimate of drug-likeness (QED) is 0.170. The first-order valence-corrected chi connectivity index (χ1v) is 19.3. The molecule has 2 heterocycles. The Labute approximate surface area is 327 Å². The van der Waals surface area contributed by atoms with E-state index in [1.165, 1.54) is 26.9 Å². The predicted octanol–water partition coefficient (Wildman–Crippen LogP) is 14.2. The summed E-state index contributed by atoms with van der Waals surface area (Å²) in [6, 6.07) is 66.3. The molecule has 0 aliphatic rings. The van der Waals surface area contributed by atoms with Gasteiger partial charge in [-0.05, 0) is 89.3 Å². The number of para-hydroxylation sites is 1. The smallest absolute Gasteiger partial charge is 0.167 e. The maximum Gasteiger partial charge on any atom is 0.167 e. The molecule has 0 N–H and O–H groups in total. The number of furan rings is 1. The summed E-state index contributed by atoms with van der Waals surface area (Å²) in [5.74, 6) is 1.77. The highest BCUT2D eigenvalue weighted by Crippen LogP contribution is 2.45. The van der Waals surface area contributed by atoms with Gasteiger partial charge in [0.1, 0.15) is 11.2 Å². The second-order valence-electron chi connectivity index (χ2n) is 14.7. The van der Waals surface area contributed by atoms with E-state index in [1.807, 2.05) is 12.1 Å². The standard InChI is InChI=1S/C53H31N3O/c1-4-18-35-32(14-1)17-13-26-43(35)51-54-52(56-53(55-51)47-31-34-16-3-6-20-37(34)39-22-8-10-24-41(39)47)45-29-28-42(49-44-25-11-12-27-48(44)57-50(45)49)46-30-33-15-2-5-19-36(33)38-21-7-9-23-40(38)46/h1-31H. The van der Waals surface area contributed by atoms with Gasteiger partial charge < -0.3 is 4.42 Å². The van der Waals surface area contributed by atoms with Crippen LogP contribution in [0, 0.1) is 0 Å². The lowest BCUT2D eigenvalue weighted by Gasteiger charge is -2.15. The van der Waals surface area contributed by atoms with Crippen LogP contribution in [0.1, 0.15) is 0 Å². The molecule has 0 aliphatic heterocycles. The van der Waals surface area contributed by atoms with Crippen LogP contribution in [-0.2, 0) is 0 Å². The van der Waals surface area contributed by atoms with E-state index in [9.17, 15) is 0 Å². The molecule has 10 aromatic carbocycles. The number of rotatable bonds is 4. The average molecular weight is 726 g/mol. The summed E-state index contributed by atoms with van der Waals surface area (Å²) < 4.78 is 6.89. The highest BCUT2D eigenvalue weighted by Gasteiger charge is 2.23. The number of fused-ring (bicyclic) bond motifs is 10. The molecule has 0 unspecified atom stereocenters. The molecule has 2 aromatic heterocycles. The first-order valence-electron chi connectivity index (χ1n) is 19.3. The lowest BCUT2D eigenvalue weighted by molar-refractivity contribution is 0.669. The van der Waals surface area contributed by atoms with Gasteiger partial charge in [0.25, 0.3) is 0 Å². The third-order valence-corrected chi connectivity index (χ3v) is 11.5. The van der Waals surface area contributed by atoms with Gasteiger partial charge in [-0.1, -0.05) is 164 Å². The van der Waals surface area contributed by atoms with E-state index < -0.39 is 0 Å². The van der Waals surface area contributed by atoms with Crippen molar-refractivity contribution in [2.24, 2.45) is 0 Å². The lowest BCUT2D eigenvalue weighted by atomic mass is 9.90. The van der Waals surface area contributed by atoms with Gasteiger partial charge in [0.05, 0.1) is 5.56 Å². The summed E-state index contributed by atoms with van der Waals surface area (Å²) in [4.78, 5) is 16.0. The zero-order valence-electron chi connectivity index (χ0n) is 30.6. The molecule has 0 bridgehead atoms. The molecule has 4 nitrogen and oxygen atoms in total. The van der Waals surface area contributed by atoms with Crippen molar-refractivity contribution in [2.45, 2.75) is 0 Å². The van der Waals surface area contributed by atoms with E-state index in [-0.39, 0.29) is 0 Å². The van der Waals surface area contributed by atoms with Crippen LogP contribution in [0.5, 0.6) is 0 Å². The Morgan fingerprint density at radius 3 is 1.42 bits per heavy atom. The van der Waals surface area contributed by atoms with Crippen molar-refractivity contribution in [1.82, 2.24) is 15.0 Å². The molecule has 0 atom stereocenters. The van der Waals surface area contributed by atoms with E-state index in [0.29, 0.717) is 17.5 Å². The maximum absolute atomic E-state index is 6.89. The van der Waals surface area contributed by atoms with Crippen molar-refractivity contribution < 1.29 is 4.42 Å². The monoisotopic (exact) mass is 725 g/mol. The lowest BCUT2D eigenvalue weighted by Crippen LogP contribution is -2.01. The normalized spacial score (nSPS) is 11.9. The molecule has 0 saturated carbocycles. The number of benzene rings is 10. The fraction of sp³-hybridized carbons (Fsp3) is 0. The van der Waals surface area contributed by atoms with E-state index in [0.717, 1.165) is 76.7 Å². The fourth-order valence-electron chi connectivity index (χ4n) is 8.90. The Bertz CT molecular complexity index is 3600. The molecule has 0 amide bonds. The molecule has 0 saturated heterocycles. The van der Waals surface area contributed by atoms with E-state index in [1.54, 1.807) is 0 Å². The molecular weight excluding hydrogens is 695 g/mol. The van der Waals surface area contributed by atoms with Gasteiger partial charge in [-0.25, -0.2) is 15.0 Å². The SMILES string of the molecule is c1ccc2c(-c3nc(-c4cc5ccccc5c5ccccc45)nc(-c4ccc(-c5cc6ccccc6c6ccccc56)c5c4oc4ccccc45)n3)cccc2c1. The Morgan fingerprint density at radius 2 is 0.737 bits per heavy atom. The first-order chi connectivity index (χ1) is 28.3. The fourth-order valence-corrected chi connectivity index (χ4v) is 8.90. The zero-order chi connectivity index (χ0) is 37.5. The second-order valence-corrected chi connectivity index (χ2v) is 14.7. The van der Waals surface area contributed by atoms with Crippen LogP contribution in [0.15, 0.2) is 192 Å². The zero-order valence-corrected chi connectivity index (χ0v) is 30.6. The molecule has 0 aliphatic carbocycles. The highest BCUT2D eigenvalue weighted by atomic mass is 16.3. The van der Waals surface area contributed by atoms with Crippen LogP contribution < -0.4 is 0 Å². The summed E-state index contributed by atoms with van der Waals surface area (Å²) >= 11 is 0. The van der Waals surface area contributed by atoms with Crippen LogP contribution in [0.4, 0.5) is 0 Å². The van der Waals surface area contributed by atoms with E-state index in [4.69, 9.17) is 19.4 Å². The van der Waals surface area contributed by atoms with E-state index in [2.05, 4.69) is 176 Å². The van der Waals surface area contributed by atoms with Gasteiger partial charge >= 0.3 is 0 Å². The molecular formula is C53H31N3O. The maximum atomic E-state index is 6.89. The van der Waals surface area contributed by atoms with Crippen LogP contribution in [-0.4, -0.2) is 15.0 Å². The molecule has 0 radical (unpaired) electrons. The summed E-state index contributed by atoms with van der Waals surface area (Å²) in [5.41, 5.74) is 6.53. The number of hydrogen-bond donors (Lipinski definition) is 0. The van der Waals surface area contributed by atoms with Gasteiger partial charge in [0.15, 0.2) is 17.5 Å². The second kappa shape index (κ2) is 12.4. The van der Waals surface area contributed by atoms with Crippen molar-refractivity contribution in [3.05, 3.63) is 188 Å². The van der Waals surface area contributed by atoms with Crippen molar-refractivity contribution in [3.63, 3.8) is 0 Å². The summed E-state index contributed by atoms with van der Waals surface area (Å²) in [7, 11) is 0. The molecule has 0 spiro atoms. The summed E-state index contributed by atoms with van der Waals surface area (Å²) in [6.45, 7) is 0. The Kier molecular flexibility index (Phi) is 6.89. The molecule has 4 heteroatoms. The van der Waals surface area contributed by atoms with Crippen molar-refractivity contribution in [2.75, 3.05) is 0 Å². The minimum absolute atomic E-state index is 0.555. The Balaban J connectivity index is 1.18. The highest BCUT2D eigenvalue weighted by molar-refractivity contribution is 6.21. The topological polar surface area (TPSA) is 51.8 Å². The largest absolute Gasteiger partial charge is 0.455 e. The predicted molar refractivity (Wildman–Crippen MR) is 236 cm³/mol. The Hall–Kier alpha value is -7.69. The minimum Gasteiger partial charge on any atom is -0.455 e. The average Bonchev–Trinajstić information content (AvgIpc) is 3.68. The minimum atomic E-state index is 0.555. The number of aromatic nitrogens is 3. The van der Waals surface area contributed by atoms with Crippen molar-refractivity contribution in [1.29, 1.82) is 0 Å².